The summed E-state index contributed by atoms with van der Waals surface area (Å²) >= 11 is 0. The topological polar surface area (TPSA) is 98.7 Å². The Bertz CT molecular complexity index is 457. The zero-order valence-corrected chi connectivity index (χ0v) is 11.6. The number of carbonyl (C=O) groups excluding carboxylic acids is 1. The number of carbonyl (C=O) groups is 2. The Morgan fingerprint density at radius 2 is 1.80 bits per heavy atom. The third-order valence-electron chi connectivity index (χ3n) is 2.86. The van der Waals surface area contributed by atoms with Crippen molar-refractivity contribution >= 4 is 17.7 Å². The highest BCUT2D eigenvalue weighted by Crippen LogP contribution is 2.16. The first-order chi connectivity index (χ1) is 9.43. The minimum absolute atomic E-state index is 0.0327. The third kappa shape index (κ3) is 4.89. The van der Waals surface area contributed by atoms with Crippen molar-refractivity contribution in [3.8, 4) is 0 Å². The van der Waals surface area contributed by atoms with Crippen LogP contribution in [-0.2, 0) is 4.79 Å². The standard InChI is InChI=1S/C14H20N2O4/c1-9(2)10-3-5-11(6-4-10)15-14(20)16-12(7-8-17)13(18)19/h3-6,9,12,17H,7-8H2,1-2H3,(H,18,19)(H2,15,16,20). The number of aliphatic hydroxyl groups is 1. The Morgan fingerprint density at radius 1 is 1.20 bits per heavy atom. The average molecular weight is 280 g/mol. The molecule has 1 atom stereocenters. The molecule has 110 valence electrons. The first-order valence-corrected chi connectivity index (χ1v) is 6.45. The van der Waals surface area contributed by atoms with E-state index in [-0.39, 0.29) is 13.0 Å². The minimum Gasteiger partial charge on any atom is -0.480 e. The number of benzene rings is 1. The second-order valence-electron chi connectivity index (χ2n) is 4.78. The summed E-state index contributed by atoms with van der Waals surface area (Å²) in [6.07, 6.45) is -0.0327. The monoisotopic (exact) mass is 280 g/mol. The molecule has 2 amide bonds. The van der Waals surface area contributed by atoms with Crippen LogP contribution < -0.4 is 10.6 Å². The molecule has 0 aromatic heterocycles. The Balaban J connectivity index is 2.59. The number of hydrogen-bond acceptors (Lipinski definition) is 3. The lowest BCUT2D eigenvalue weighted by Gasteiger charge is -2.14. The molecule has 0 radical (unpaired) electrons. The Hall–Kier alpha value is -2.08. The van der Waals surface area contributed by atoms with E-state index in [0.29, 0.717) is 11.6 Å². The van der Waals surface area contributed by atoms with Gasteiger partial charge in [0.2, 0.25) is 0 Å². The van der Waals surface area contributed by atoms with Crippen LogP contribution in [0.15, 0.2) is 24.3 Å². The van der Waals surface area contributed by atoms with Gasteiger partial charge in [-0.15, -0.1) is 0 Å². The summed E-state index contributed by atoms with van der Waals surface area (Å²) in [6.45, 7) is 3.84. The van der Waals surface area contributed by atoms with Crippen LogP contribution in [0.25, 0.3) is 0 Å². The summed E-state index contributed by atoms with van der Waals surface area (Å²) in [5.41, 5.74) is 1.74. The molecule has 6 nitrogen and oxygen atoms in total. The maximum absolute atomic E-state index is 11.7. The summed E-state index contributed by atoms with van der Waals surface area (Å²) < 4.78 is 0. The van der Waals surface area contributed by atoms with Gasteiger partial charge in [0.05, 0.1) is 0 Å². The number of carboxylic acids is 1. The number of amides is 2. The van der Waals surface area contributed by atoms with Gasteiger partial charge in [-0.3, -0.25) is 0 Å². The molecule has 0 spiro atoms. The average Bonchev–Trinajstić information content (AvgIpc) is 2.38. The predicted octanol–water partition coefficient (Wildman–Crippen LogP) is 1.77. The van der Waals surface area contributed by atoms with Crippen molar-refractivity contribution in [3.63, 3.8) is 0 Å². The molecule has 1 unspecified atom stereocenters. The molecule has 0 aliphatic rings. The van der Waals surface area contributed by atoms with Gasteiger partial charge in [0.15, 0.2) is 0 Å². The summed E-state index contributed by atoms with van der Waals surface area (Å²) in [5, 5.41) is 22.4. The van der Waals surface area contributed by atoms with Crippen LogP contribution in [0, 0.1) is 0 Å². The molecule has 0 bridgehead atoms. The van der Waals surface area contributed by atoms with E-state index in [4.69, 9.17) is 10.2 Å². The number of carboxylic acid groups (broad SMARTS) is 1. The largest absolute Gasteiger partial charge is 0.480 e. The summed E-state index contributed by atoms with van der Waals surface area (Å²) in [5.74, 6) is -0.775. The van der Waals surface area contributed by atoms with E-state index in [2.05, 4.69) is 24.5 Å². The predicted molar refractivity (Wildman–Crippen MR) is 75.8 cm³/mol. The zero-order valence-electron chi connectivity index (χ0n) is 11.6. The molecule has 20 heavy (non-hydrogen) atoms. The molecule has 0 heterocycles. The fourth-order valence-electron chi connectivity index (χ4n) is 1.66. The molecule has 4 N–H and O–H groups in total. The van der Waals surface area contributed by atoms with Crippen LogP contribution in [0.1, 0.15) is 31.7 Å². The van der Waals surface area contributed by atoms with Crippen LogP contribution in [0.2, 0.25) is 0 Å². The van der Waals surface area contributed by atoms with Gasteiger partial charge in [0.25, 0.3) is 0 Å². The van der Waals surface area contributed by atoms with Gasteiger partial charge >= 0.3 is 12.0 Å². The third-order valence-corrected chi connectivity index (χ3v) is 2.86. The number of hydrogen-bond donors (Lipinski definition) is 4. The second-order valence-corrected chi connectivity index (χ2v) is 4.78. The molecule has 0 saturated heterocycles. The fraction of sp³-hybridized carbons (Fsp3) is 0.429. The number of nitrogens with one attached hydrogen (secondary N) is 2. The van der Waals surface area contributed by atoms with E-state index in [0.717, 1.165) is 5.56 Å². The molecule has 0 aliphatic heterocycles. The summed E-state index contributed by atoms with van der Waals surface area (Å²) in [7, 11) is 0. The zero-order chi connectivity index (χ0) is 15.1. The van der Waals surface area contributed by atoms with Gasteiger partial charge < -0.3 is 20.8 Å². The summed E-state index contributed by atoms with van der Waals surface area (Å²) in [4.78, 5) is 22.5. The second kappa shape index (κ2) is 7.49. The van der Waals surface area contributed by atoms with Crippen LogP contribution in [0.5, 0.6) is 0 Å². The van der Waals surface area contributed by atoms with Crippen molar-refractivity contribution < 1.29 is 19.8 Å². The van der Waals surface area contributed by atoms with E-state index in [9.17, 15) is 9.59 Å². The highest BCUT2D eigenvalue weighted by molar-refractivity contribution is 5.92. The quantitative estimate of drug-likeness (QED) is 0.638. The molecule has 0 aliphatic carbocycles. The lowest BCUT2D eigenvalue weighted by molar-refractivity contribution is -0.139. The van der Waals surface area contributed by atoms with Gasteiger partial charge in [-0.2, -0.15) is 0 Å². The van der Waals surface area contributed by atoms with E-state index in [1.54, 1.807) is 12.1 Å². The lowest BCUT2D eigenvalue weighted by Crippen LogP contribution is -2.43. The van der Waals surface area contributed by atoms with Crippen LogP contribution >= 0.6 is 0 Å². The Labute approximate surface area is 117 Å². The number of urea groups is 1. The Kier molecular flexibility index (Phi) is 5.99. The van der Waals surface area contributed by atoms with Crippen molar-refractivity contribution in [1.29, 1.82) is 0 Å². The minimum atomic E-state index is -1.18. The first-order valence-electron chi connectivity index (χ1n) is 6.45. The first kappa shape index (κ1) is 16.0. The van der Waals surface area contributed by atoms with Gasteiger partial charge in [-0.05, 0) is 23.6 Å². The van der Waals surface area contributed by atoms with Crippen molar-refractivity contribution in [1.82, 2.24) is 5.32 Å². The van der Waals surface area contributed by atoms with Gasteiger partial charge in [0, 0.05) is 18.7 Å². The highest BCUT2D eigenvalue weighted by atomic mass is 16.4. The summed E-state index contributed by atoms with van der Waals surface area (Å²) in [6, 6.07) is 5.62. The SMILES string of the molecule is CC(C)c1ccc(NC(=O)NC(CCO)C(=O)O)cc1. The maximum Gasteiger partial charge on any atom is 0.326 e. The van der Waals surface area contributed by atoms with E-state index in [1.165, 1.54) is 0 Å². The molecule has 1 aromatic rings. The van der Waals surface area contributed by atoms with Crippen molar-refractivity contribution in [2.45, 2.75) is 32.2 Å². The fourth-order valence-corrected chi connectivity index (χ4v) is 1.66. The van der Waals surface area contributed by atoms with Crippen LogP contribution in [0.3, 0.4) is 0 Å². The molecule has 0 fully saturated rings. The number of aliphatic carboxylic acids is 1. The molecule has 1 rings (SSSR count). The van der Waals surface area contributed by atoms with E-state index < -0.39 is 18.0 Å². The maximum atomic E-state index is 11.7. The van der Waals surface area contributed by atoms with Gasteiger partial charge in [-0.1, -0.05) is 26.0 Å². The highest BCUT2D eigenvalue weighted by Gasteiger charge is 2.19. The molecule has 6 heteroatoms. The van der Waals surface area contributed by atoms with E-state index >= 15 is 0 Å². The van der Waals surface area contributed by atoms with Crippen molar-refractivity contribution in [3.05, 3.63) is 29.8 Å². The molecule has 0 saturated carbocycles. The normalized spacial score (nSPS) is 12.0. The van der Waals surface area contributed by atoms with Crippen molar-refractivity contribution in [2.24, 2.45) is 0 Å². The lowest BCUT2D eigenvalue weighted by atomic mass is 10.0. The van der Waals surface area contributed by atoms with E-state index in [1.807, 2.05) is 12.1 Å². The van der Waals surface area contributed by atoms with Crippen molar-refractivity contribution in [2.75, 3.05) is 11.9 Å². The van der Waals surface area contributed by atoms with Gasteiger partial charge in [-0.25, -0.2) is 9.59 Å². The molecular formula is C14H20N2O4. The Morgan fingerprint density at radius 3 is 2.25 bits per heavy atom. The van der Waals surface area contributed by atoms with Crippen LogP contribution in [-0.4, -0.2) is 34.9 Å². The molecule has 1 aromatic carbocycles. The number of aliphatic hydroxyl groups excluding tert-OH is 1. The smallest absolute Gasteiger partial charge is 0.326 e. The number of anilines is 1. The molecular weight excluding hydrogens is 260 g/mol. The number of rotatable bonds is 6. The van der Waals surface area contributed by atoms with Gasteiger partial charge in [0.1, 0.15) is 6.04 Å². The van der Waals surface area contributed by atoms with Crippen LogP contribution in [0.4, 0.5) is 10.5 Å².